The van der Waals surface area contributed by atoms with Crippen molar-refractivity contribution in [2.45, 2.75) is 11.8 Å². The van der Waals surface area contributed by atoms with Crippen LogP contribution < -0.4 is 29.6 Å². The second-order valence-electron chi connectivity index (χ2n) is 1.98. The topological polar surface area (TPSA) is 0 Å². The van der Waals surface area contributed by atoms with Crippen LogP contribution in [0.15, 0.2) is 17.0 Å². The van der Waals surface area contributed by atoms with Crippen LogP contribution in [-0.4, -0.2) is 0 Å². The van der Waals surface area contributed by atoms with E-state index >= 15 is 0 Å². The Kier molecular flexibility index (Phi) is 5.36. The van der Waals surface area contributed by atoms with Crippen molar-refractivity contribution in [2.24, 2.45) is 0 Å². The van der Waals surface area contributed by atoms with Gasteiger partial charge >= 0.3 is 29.6 Å². The molecule has 0 saturated heterocycles. The van der Waals surface area contributed by atoms with Gasteiger partial charge in [0.15, 0.2) is 0 Å². The largest absolute Gasteiger partial charge is 1.00 e. The van der Waals surface area contributed by atoms with Crippen LogP contribution >= 0.6 is 23.2 Å². The normalized spacial score (nSPS) is 9.00. The van der Waals surface area contributed by atoms with E-state index in [0.717, 1.165) is 5.56 Å². The fraction of sp³-hybridized carbons (Fsp3) is 0.143. The predicted octanol–water partition coefficient (Wildman–Crippen LogP) is 0.212. The maximum atomic E-state index is 5.76. The second kappa shape index (κ2) is 4.90. The summed E-state index contributed by atoms with van der Waals surface area (Å²) in [5.41, 5.74) is 0.879. The summed E-state index contributed by atoms with van der Waals surface area (Å²) in [5, 5.41) is 1.27. The van der Waals surface area contributed by atoms with E-state index in [9.17, 15) is 0 Å². The van der Waals surface area contributed by atoms with Crippen molar-refractivity contribution in [1.82, 2.24) is 0 Å². The third-order valence-corrected chi connectivity index (χ3v) is 2.65. The van der Waals surface area contributed by atoms with Gasteiger partial charge in [0.25, 0.3) is 0 Å². The summed E-state index contributed by atoms with van der Waals surface area (Å²) in [7, 11) is 0. The third kappa shape index (κ3) is 2.76. The van der Waals surface area contributed by atoms with Crippen LogP contribution in [0.5, 0.6) is 0 Å². The van der Waals surface area contributed by atoms with Crippen LogP contribution in [0.2, 0.25) is 10.0 Å². The Morgan fingerprint density at radius 3 is 2.09 bits per heavy atom. The molecule has 0 unspecified atom stereocenters. The predicted molar refractivity (Wildman–Crippen MR) is 46.8 cm³/mol. The van der Waals surface area contributed by atoms with Crippen LogP contribution in [0.4, 0.5) is 0 Å². The molecule has 1 rings (SSSR count). The van der Waals surface area contributed by atoms with Gasteiger partial charge in [-0.2, -0.15) is 4.90 Å². The Hall–Kier alpha value is 1.02. The van der Waals surface area contributed by atoms with E-state index in [1.165, 1.54) is 0 Å². The zero-order chi connectivity index (χ0) is 7.72. The molecular weight excluding hydrogens is 210 g/mol. The van der Waals surface area contributed by atoms with Gasteiger partial charge in [-0.3, -0.25) is 0 Å². The van der Waals surface area contributed by atoms with Crippen LogP contribution in [0.3, 0.4) is 0 Å². The summed E-state index contributed by atoms with van der Waals surface area (Å²) in [4.78, 5) is 0.647. The summed E-state index contributed by atoms with van der Waals surface area (Å²) in [5.74, 6) is 0. The van der Waals surface area contributed by atoms with Crippen molar-refractivity contribution in [3.63, 3.8) is 0 Å². The molecule has 0 aliphatic rings. The molecule has 54 valence electrons. The van der Waals surface area contributed by atoms with Gasteiger partial charge in [-0.05, 0) is 19.1 Å². The zero-order valence-electron chi connectivity index (χ0n) is 6.32. The van der Waals surface area contributed by atoms with Crippen molar-refractivity contribution in [3.8, 4) is 0 Å². The van der Waals surface area contributed by atoms with E-state index < -0.39 is 0 Å². The molecule has 1 aromatic rings. The molecule has 11 heavy (non-hydrogen) atoms. The SMILES string of the molecule is Cc1c(Cl)ccc(Cl)c1[S-].[Na+]. The van der Waals surface area contributed by atoms with Crippen LogP contribution in [0.1, 0.15) is 5.56 Å². The monoisotopic (exact) mass is 214 g/mol. The molecule has 0 spiro atoms. The molecule has 0 fully saturated rings. The van der Waals surface area contributed by atoms with E-state index in [1.807, 2.05) is 6.92 Å². The summed E-state index contributed by atoms with van der Waals surface area (Å²) in [6.45, 7) is 1.86. The average molecular weight is 215 g/mol. The van der Waals surface area contributed by atoms with Crippen LogP contribution in [-0.2, 0) is 12.6 Å². The Balaban J connectivity index is 0.000001000. The van der Waals surface area contributed by atoms with E-state index in [2.05, 4.69) is 0 Å². The van der Waals surface area contributed by atoms with Gasteiger partial charge < -0.3 is 12.6 Å². The van der Waals surface area contributed by atoms with E-state index in [-0.39, 0.29) is 29.6 Å². The molecular formula is C7H5Cl2NaS. The first-order valence-electron chi connectivity index (χ1n) is 2.74. The van der Waals surface area contributed by atoms with Gasteiger partial charge in [-0.15, -0.1) is 0 Å². The number of hydrogen-bond donors (Lipinski definition) is 0. The molecule has 4 heteroatoms. The Bertz CT molecular complexity index is 236. The molecule has 0 saturated carbocycles. The average Bonchev–Trinajstić information content (AvgIpc) is 1.93. The number of halogens is 2. The van der Waals surface area contributed by atoms with Gasteiger partial charge in [-0.1, -0.05) is 28.8 Å². The number of rotatable bonds is 0. The van der Waals surface area contributed by atoms with Gasteiger partial charge in [0.1, 0.15) is 0 Å². The first-order valence-corrected chi connectivity index (χ1v) is 3.91. The molecule has 0 aliphatic carbocycles. The summed E-state index contributed by atoms with van der Waals surface area (Å²) in [6, 6.07) is 3.45. The maximum absolute atomic E-state index is 5.76. The van der Waals surface area contributed by atoms with Crippen molar-refractivity contribution in [1.29, 1.82) is 0 Å². The Labute approximate surface area is 104 Å². The van der Waals surface area contributed by atoms with E-state index in [4.69, 9.17) is 35.8 Å². The van der Waals surface area contributed by atoms with Gasteiger partial charge in [0, 0.05) is 10.0 Å². The minimum Gasteiger partial charge on any atom is -0.778 e. The molecule has 0 radical (unpaired) electrons. The smallest absolute Gasteiger partial charge is 0.778 e. The second-order valence-corrected chi connectivity index (χ2v) is 3.21. The molecule has 1 aromatic carbocycles. The third-order valence-electron chi connectivity index (χ3n) is 1.29. The fourth-order valence-corrected chi connectivity index (χ4v) is 1.23. The Morgan fingerprint density at radius 1 is 1.18 bits per heavy atom. The molecule has 0 bridgehead atoms. The fourth-order valence-electron chi connectivity index (χ4n) is 0.635. The molecule has 0 aromatic heterocycles. The van der Waals surface area contributed by atoms with E-state index in [1.54, 1.807) is 12.1 Å². The quantitative estimate of drug-likeness (QED) is 0.440. The maximum Gasteiger partial charge on any atom is 1.00 e. The molecule has 0 nitrogen and oxygen atoms in total. The standard InChI is InChI=1S/C7H6Cl2S.Na/c1-4-5(8)2-3-6(9)7(4)10;/h2-3,10H,1H3;/q;+1/p-1. The molecule has 0 atom stereocenters. The summed E-state index contributed by atoms with van der Waals surface area (Å²) >= 11 is 16.4. The van der Waals surface area contributed by atoms with Crippen molar-refractivity contribution in [3.05, 3.63) is 27.7 Å². The minimum atomic E-state index is 0. The molecule has 0 aliphatic heterocycles. The minimum absolute atomic E-state index is 0. The van der Waals surface area contributed by atoms with Crippen molar-refractivity contribution < 1.29 is 29.6 Å². The first-order chi connectivity index (χ1) is 4.63. The van der Waals surface area contributed by atoms with Crippen molar-refractivity contribution >= 4 is 35.8 Å². The summed E-state index contributed by atoms with van der Waals surface area (Å²) < 4.78 is 0. The molecule has 0 heterocycles. The molecule has 0 N–H and O–H groups in total. The van der Waals surface area contributed by atoms with Crippen LogP contribution in [0.25, 0.3) is 0 Å². The van der Waals surface area contributed by atoms with Crippen molar-refractivity contribution in [2.75, 3.05) is 0 Å². The molecule has 0 amide bonds. The van der Waals surface area contributed by atoms with Gasteiger partial charge in [0.2, 0.25) is 0 Å². The zero-order valence-corrected chi connectivity index (χ0v) is 10.6. The summed E-state index contributed by atoms with van der Waals surface area (Å²) in [6.07, 6.45) is 0. The van der Waals surface area contributed by atoms with E-state index in [0.29, 0.717) is 14.9 Å². The van der Waals surface area contributed by atoms with Gasteiger partial charge in [0.05, 0.1) is 0 Å². The van der Waals surface area contributed by atoms with Crippen LogP contribution in [0, 0.1) is 6.92 Å². The Morgan fingerprint density at radius 2 is 1.64 bits per heavy atom. The number of hydrogen-bond acceptors (Lipinski definition) is 1. The first kappa shape index (κ1) is 12.0. The number of benzene rings is 1. The van der Waals surface area contributed by atoms with Gasteiger partial charge in [-0.25, -0.2) is 0 Å².